The van der Waals surface area contributed by atoms with Gasteiger partial charge in [-0.3, -0.25) is 0 Å². The zero-order valence-corrected chi connectivity index (χ0v) is 22.6. The zero-order chi connectivity index (χ0) is 31.3. The van der Waals surface area contributed by atoms with Gasteiger partial charge in [0, 0.05) is 6.08 Å². The molecule has 2 aliphatic rings. The lowest BCUT2D eigenvalue weighted by Crippen LogP contribution is -2.64. The van der Waals surface area contributed by atoms with Crippen LogP contribution in [-0.4, -0.2) is 127 Å². The average Bonchev–Trinajstić information content (AvgIpc) is 2.98. The predicted octanol–water partition coefficient (Wildman–Crippen LogP) is -1.40. The lowest BCUT2D eigenvalue weighted by molar-refractivity contribution is -0.349. The van der Waals surface area contributed by atoms with Gasteiger partial charge < -0.3 is 69.6 Å². The van der Waals surface area contributed by atoms with Crippen molar-refractivity contribution in [3.05, 3.63) is 53.6 Å². The Morgan fingerprint density at radius 1 is 0.860 bits per heavy atom. The Bertz CT molecular complexity index is 1270. The highest BCUT2D eigenvalue weighted by atomic mass is 16.7. The van der Waals surface area contributed by atoms with Crippen LogP contribution in [0.25, 0.3) is 6.08 Å². The third-order valence-electron chi connectivity index (χ3n) is 6.92. The van der Waals surface area contributed by atoms with Gasteiger partial charge in [-0.05, 0) is 47.9 Å². The van der Waals surface area contributed by atoms with E-state index in [0.29, 0.717) is 11.1 Å². The fourth-order valence-electron chi connectivity index (χ4n) is 4.53. The number of esters is 1. The lowest BCUT2D eigenvalue weighted by atomic mass is 9.97. The van der Waals surface area contributed by atoms with Gasteiger partial charge >= 0.3 is 5.97 Å². The third-order valence-corrected chi connectivity index (χ3v) is 6.92. The van der Waals surface area contributed by atoms with E-state index in [1.807, 2.05) is 0 Å². The molecule has 0 radical (unpaired) electrons. The van der Waals surface area contributed by atoms with Gasteiger partial charge in [-0.1, -0.05) is 12.1 Å². The minimum absolute atomic E-state index is 0.0725. The molecule has 2 aromatic carbocycles. The third kappa shape index (κ3) is 7.91. The van der Waals surface area contributed by atoms with Gasteiger partial charge in [-0.15, -0.1) is 0 Å². The minimum atomic E-state index is -1.76. The molecule has 43 heavy (non-hydrogen) atoms. The molecule has 0 bridgehead atoms. The number of phenolic OH excluding ortho intramolecular Hbond substituents is 4. The summed E-state index contributed by atoms with van der Waals surface area (Å²) in [6.45, 7) is -1.23. The average molecular weight is 611 g/mol. The summed E-state index contributed by atoms with van der Waals surface area (Å²) in [5, 5.41) is 89.8. The number of hydrogen-bond donors (Lipinski definition) is 9. The van der Waals surface area contributed by atoms with Crippen LogP contribution >= 0.6 is 0 Å². The molecule has 0 spiro atoms. The molecular formula is C28H34O15. The minimum Gasteiger partial charge on any atom is -0.504 e. The first-order valence-electron chi connectivity index (χ1n) is 13.3. The summed E-state index contributed by atoms with van der Waals surface area (Å²) < 4.78 is 27.8. The Balaban J connectivity index is 1.50. The largest absolute Gasteiger partial charge is 0.504 e. The van der Waals surface area contributed by atoms with Crippen LogP contribution < -0.4 is 0 Å². The molecule has 2 saturated heterocycles. The van der Waals surface area contributed by atoms with E-state index < -0.39 is 80.2 Å². The fraction of sp³-hybridized carbons (Fsp3) is 0.464. The molecule has 9 atom stereocenters. The van der Waals surface area contributed by atoms with Gasteiger partial charge in [-0.2, -0.15) is 0 Å². The van der Waals surface area contributed by atoms with Gasteiger partial charge in [0.1, 0.15) is 36.6 Å². The van der Waals surface area contributed by atoms with Crippen molar-refractivity contribution >= 4 is 12.0 Å². The second-order valence-corrected chi connectivity index (χ2v) is 9.99. The van der Waals surface area contributed by atoms with Gasteiger partial charge in [0.15, 0.2) is 41.7 Å². The number of phenols is 4. The summed E-state index contributed by atoms with van der Waals surface area (Å²) in [7, 11) is 0. The predicted molar refractivity (Wildman–Crippen MR) is 143 cm³/mol. The summed E-state index contributed by atoms with van der Waals surface area (Å²) in [5.74, 6) is -2.39. The summed E-state index contributed by atoms with van der Waals surface area (Å²) in [6.07, 6.45) is -11.5. The van der Waals surface area contributed by atoms with E-state index in [1.165, 1.54) is 36.4 Å². The first-order valence-corrected chi connectivity index (χ1v) is 13.3. The molecule has 2 fully saturated rings. The number of benzene rings is 2. The molecule has 4 rings (SSSR count). The van der Waals surface area contributed by atoms with E-state index in [9.17, 15) is 50.8 Å². The number of aromatic hydroxyl groups is 4. The van der Waals surface area contributed by atoms with Crippen LogP contribution in [0.3, 0.4) is 0 Å². The molecule has 0 aromatic heterocycles. The van der Waals surface area contributed by atoms with E-state index >= 15 is 0 Å². The highest BCUT2D eigenvalue weighted by molar-refractivity contribution is 5.87. The van der Waals surface area contributed by atoms with Crippen LogP contribution in [-0.2, 0) is 34.9 Å². The number of ether oxygens (including phenoxy) is 5. The molecule has 15 heteroatoms. The molecule has 2 heterocycles. The van der Waals surface area contributed by atoms with E-state index in [-0.39, 0.29) is 30.3 Å². The van der Waals surface area contributed by atoms with Crippen molar-refractivity contribution in [1.82, 2.24) is 0 Å². The maximum atomic E-state index is 12.7. The van der Waals surface area contributed by atoms with Gasteiger partial charge in [0.2, 0.25) is 0 Å². The second kappa shape index (κ2) is 14.3. The maximum absolute atomic E-state index is 12.7. The first kappa shape index (κ1) is 32.4. The lowest BCUT2D eigenvalue weighted by Gasteiger charge is -2.45. The normalized spacial score (nSPS) is 31.2. The number of carbonyl (C=O) groups excluding carboxylic acids is 1. The topological polar surface area (TPSA) is 245 Å². The van der Waals surface area contributed by atoms with Crippen molar-refractivity contribution in [3.8, 4) is 23.0 Å². The van der Waals surface area contributed by atoms with Crippen LogP contribution in [0.15, 0.2) is 42.5 Å². The van der Waals surface area contributed by atoms with Crippen LogP contribution in [0.4, 0.5) is 0 Å². The molecule has 0 amide bonds. The van der Waals surface area contributed by atoms with Crippen LogP contribution in [0.2, 0.25) is 0 Å². The standard InChI is InChI=1S/C28H34O15/c29-11-20-25(42-21(35)6-3-13-1-4-15(30)17(32)9-13)26(43-27-23(37)22(36)19(34)12-40-27)24(38)28(41-20)39-8-7-14-2-5-16(31)18(33)10-14/h1-6,9-10,19-20,22-34,36-38H,7-8,11-12H2/t19-,20+,22-,23-,24+,25+,26+,27-,28+/m0/s1. The number of rotatable bonds is 10. The molecule has 0 saturated carbocycles. The van der Waals surface area contributed by atoms with E-state index in [0.717, 1.165) is 6.08 Å². The summed E-state index contributed by atoms with van der Waals surface area (Å²) in [6, 6.07) is 7.98. The quantitative estimate of drug-likeness (QED) is 0.0853. The maximum Gasteiger partial charge on any atom is 0.331 e. The molecule has 236 valence electrons. The van der Waals surface area contributed by atoms with E-state index in [1.54, 1.807) is 6.07 Å². The Morgan fingerprint density at radius 3 is 2.23 bits per heavy atom. The number of aliphatic hydroxyl groups is 5. The Kier molecular flexibility index (Phi) is 10.8. The molecule has 2 aromatic rings. The van der Waals surface area contributed by atoms with E-state index in [4.69, 9.17) is 23.7 Å². The van der Waals surface area contributed by atoms with Crippen molar-refractivity contribution in [2.24, 2.45) is 0 Å². The number of aliphatic hydroxyl groups excluding tert-OH is 5. The smallest absolute Gasteiger partial charge is 0.331 e. The van der Waals surface area contributed by atoms with Crippen LogP contribution in [0, 0.1) is 0 Å². The van der Waals surface area contributed by atoms with E-state index in [2.05, 4.69) is 0 Å². The van der Waals surface area contributed by atoms with Crippen LogP contribution in [0.5, 0.6) is 23.0 Å². The van der Waals surface area contributed by atoms with Gasteiger partial charge in [0.25, 0.3) is 0 Å². The molecule has 0 aliphatic carbocycles. The fourth-order valence-corrected chi connectivity index (χ4v) is 4.53. The molecule has 0 unspecified atom stereocenters. The highest BCUT2D eigenvalue weighted by Gasteiger charge is 2.51. The first-order chi connectivity index (χ1) is 20.5. The van der Waals surface area contributed by atoms with Crippen molar-refractivity contribution < 1.29 is 74.4 Å². The van der Waals surface area contributed by atoms with Crippen LogP contribution in [0.1, 0.15) is 11.1 Å². The van der Waals surface area contributed by atoms with Crippen molar-refractivity contribution in [2.45, 2.75) is 61.7 Å². The molecule has 15 nitrogen and oxygen atoms in total. The summed E-state index contributed by atoms with van der Waals surface area (Å²) in [4.78, 5) is 12.7. The Morgan fingerprint density at radius 2 is 1.56 bits per heavy atom. The summed E-state index contributed by atoms with van der Waals surface area (Å²) in [5.41, 5.74) is 0.916. The molecular weight excluding hydrogens is 576 g/mol. The molecule has 9 N–H and O–H groups in total. The van der Waals surface area contributed by atoms with Crippen molar-refractivity contribution in [1.29, 1.82) is 0 Å². The molecule has 2 aliphatic heterocycles. The van der Waals surface area contributed by atoms with Gasteiger partial charge in [0.05, 0.1) is 19.8 Å². The van der Waals surface area contributed by atoms with Crippen molar-refractivity contribution in [2.75, 3.05) is 19.8 Å². The Hall–Kier alpha value is -3.51. The van der Waals surface area contributed by atoms with Crippen molar-refractivity contribution in [3.63, 3.8) is 0 Å². The monoisotopic (exact) mass is 610 g/mol. The number of carbonyl (C=O) groups is 1. The Labute approximate surface area is 245 Å². The summed E-state index contributed by atoms with van der Waals surface area (Å²) >= 11 is 0. The second-order valence-electron chi connectivity index (χ2n) is 9.99. The van der Waals surface area contributed by atoms with Gasteiger partial charge in [-0.25, -0.2) is 4.79 Å². The number of hydrogen-bond acceptors (Lipinski definition) is 15. The zero-order valence-electron chi connectivity index (χ0n) is 22.6. The highest BCUT2D eigenvalue weighted by Crippen LogP contribution is 2.31. The SMILES string of the molecule is O=C(C=Cc1ccc(O)c(O)c1)O[C@H]1[C@H](O[C@@H]2OC[C@H](O)[C@H](O)[C@@H]2O)[C@@H](O)[C@H](OCCc2ccc(O)c(O)c2)O[C@@H]1CO.